The number of anilines is 2. The Morgan fingerprint density at radius 2 is 1.57 bits per heavy atom. The molecule has 1 saturated heterocycles. The molecule has 0 aliphatic carbocycles. The van der Waals surface area contributed by atoms with E-state index in [0.717, 1.165) is 48.5 Å². The van der Waals surface area contributed by atoms with Crippen LogP contribution in [0.1, 0.15) is 24.3 Å². The quantitative estimate of drug-likeness (QED) is 0.703. The largest absolute Gasteiger partial charge is 0.497 e. The van der Waals surface area contributed by atoms with Crippen LogP contribution in [-0.4, -0.2) is 55.4 Å². The minimum absolute atomic E-state index is 0.0452. The summed E-state index contributed by atoms with van der Waals surface area (Å²) in [7, 11) is 1.68. The van der Waals surface area contributed by atoms with Gasteiger partial charge in [0.2, 0.25) is 0 Å². The molecule has 0 bridgehead atoms. The van der Waals surface area contributed by atoms with E-state index in [4.69, 9.17) is 4.74 Å². The van der Waals surface area contributed by atoms with Gasteiger partial charge in [0.15, 0.2) is 11.5 Å². The zero-order valence-corrected chi connectivity index (χ0v) is 17.6. The lowest BCUT2D eigenvalue weighted by Gasteiger charge is -2.37. The Kier molecular flexibility index (Phi) is 5.70. The third-order valence-corrected chi connectivity index (χ3v) is 5.32. The average molecular weight is 406 g/mol. The van der Waals surface area contributed by atoms with Crippen LogP contribution in [0.25, 0.3) is 10.8 Å². The molecule has 0 saturated carbocycles. The Morgan fingerprint density at radius 1 is 0.933 bits per heavy atom. The van der Waals surface area contributed by atoms with Gasteiger partial charge in [-0.15, -0.1) is 10.2 Å². The zero-order valence-electron chi connectivity index (χ0n) is 17.6. The van der Waals surface area contributed by atoms with Crippen molar-refractivity contribution >= 4 is 28.2 Å². The first kappa shape index (κ1) is 19.9. The highest BCUT2D eigenvalue weighted by Gasteiger charge is 2.23. The lowest BCUT2D eigenvalue weighted by atomic mass is 10.1. The molecule has 0 atom stereocenters. The molecule has 3 aromatic rings. The van der Waals surface area contributed by atoms with Crippen LogP contribution in [0.3, 0.4) is 0 Å². The number of methoxy groups -OCH3 is 1. The van der Waals surface area contributed by atoms with E-state index in [9.17, 15) is 4.79 Å². The average Bonchev–Trinajstić information content (AvgIpc) is 2.78. The van der Waals surface area contributed by atoms with Crippen LogP contribution in [0.15, 0.2) is 48.5 Å². The highest BCUT2D eigenvalue weighted by molar-refractivity contribution is 6.07. The van der Waals surface area contributed by atoms with Crippen LogP contribution >= 0.6 is 0 Å². The Labute approximate surface area is 176 Å². The molecule has 4 rings (SSSR count). The number of fused-ring (bicyclic) bond motifs is 1. The predicted octanol–water partition coefficient (Wildman–Crippen LogP) is 3.10. The van der Waals surface area contributed by atoms with Gasteiger partial charge in [-0.2, -0.15) is 0 Å². The molecule has 0 unspecified atom stereocenters. The van der Waals surface area contributed by atoms with Gasteiger partial charge in [-0.1, -0.05) is 24.3 Å². The lowest BCUT2D eigenvalue weighted by Crippen LogP contribution is -2.47. The van der Waals surface area contributed by atoms with Crippen molar-refractivity contribution in [2.24, 2.45) is 0 Å². The van der Waals surface area contributed by atoms with Gasteiger partial charge in [0.25, 0.3) is 5.91 Å². The van der Waals surface area contributed by atoms with Gasteiger partial charge >= 0.3 is 0 Å². The van der Waals surface area contributed by atoms with E-state index in [0.29, 0.717) is 5.69 Å². The van der Waals surface area contributed by atoms with Gasteiger partial charge in [0, 0.05) is 48.7 Å². The van der Waals surface area contributed by atoms with E-state index in [-0.39, 0.29) is 11.9 Å². The number of amides is 1. The minimum atomic E-state index is -0.190. The van der Waals surface area contributed by atoms with Gasteiger partial charge in [-0.25, -0.2) is 0 Å². The molecule has 0 radical (unpaired) electrons. The van der Waals surface area contributed by atoms with Crippen molar-refractivity contribution in [2.45, 2.75) is 19.9 Å². The van der Waals surface area contributed by atoms with Crippen LogP contribution in [-0.2, 0) is 0 Å². The summed E-state index contributed by atoms with van der Waals surface area (Å²) >= 11 is 0. The molecule has 2 aromatic carbocycles. The van der Waals surface area contributed by atoms with Gasteiger partial charge in [-0.05, 0) is 38.1 Å². The van der Waals surface area contributed by atoms with E-state index in [1.165, 1.54) is 5.69 Å². The van der Waals surface area contributed by atoms with Crippen molar-refractivity contribution in [3.8, 4) is 5.75 Å². The van der Waals surface area contributed by atoms with Gasteiger partial charge in [-0.3, -0.25) is 4.79 Å². The second-order valence-corrected chi connectivity index (χ2v) is 7.72. The standard InChI is InChI=1S/C23H27N5O2/c1-16(2)24-23(29)21-19-6-4-5-7-20(19)22(26-25-21)28-14-12-27(13-15-28)17-8-10-18(30-3)11-9-17/h4-11,16H,12-15H2,1-3H3,(H,24,29). The molecule has 1 aliphatic rings. The van der Waals surface area contributed by atoms with Crippen LogP contribution in [0.2, 0.25) is 0 Å². The second-order valence-electron chi connectivity index (χ2n) is 7.72. The van der Waals surface area contributed by atoms with Crippen molar-refractivity contribution < 1.29 is 9.53 Å². The maximum absolute atomic E-state index is 12.6. The van der Waals surface area contributed by atoms with Crippen LogP contribution in [0.4, 0.5) is 11.5 Å². The van der Waals surface area contributed by atoms with Gasteiger partial charge in [0.1, 0.15) is 5.75 Å². The molecule has 1 N–H and O–H groups in total. The number of nitrogens with one attached hydrogen (secondary N) is 1. The van der Waals surface area contributed by atoms with Gasteiger partial charge in [0.05, 0.1) is 7.11 Å². The number of hydrogen-bond acceptors (Lipinski definition) is 6. The third-order valence-electron chi connectivity index (χ3n) is 5.32. The number of ether oxygens (including phenoxy) is 1. The van der Waals surface area contributed by atoms with Crippen LogP contribution < -0.4 is 19.9 Å². The van der Waals surface area contributed by atoms with Gasteiger partial charge < -0.3 is 19.9 Å². The number of piperazine rings is 1. The first-order valence-corrected chi connectivity index (χ1v) is 10.3. The number of nitrogens with zero attached hydrogens (tertiary/aromatic N) is 4. The fourth-order valence-corrected chi connectivity index (χ4v) is 3.79. The molecule has 156 valence electrons. The summed E-state index contributed by atoms with van der Waals surface area (Å²) in [5, 5.41) is 13.5. The van der Waals surface area contributed by atoms with Crippen LogP contribution in [0, 0.1) is 0 Å². The van der Waals surface area contributed by atoms with E-state index in [1.807, 2.05) is 50.2 Å². The number of carbonyl (C=O) groups excluding carboxylic acids is 1. The minimum Gasteiger partial charge on any atom is -0.497 e. The third kappa shape index (κ3) is 4.01. The predicted molar refractivity (Wildman–Crippen MR) is 120 cm³/mol. The topological polar surface area (TPSA) is 70.6 Å². The molecule has 7 nitrogen and oxygen atoms in total. The number of aromatic nitrogens is 2. The highest BCUT2D eigenvalue weighted by atomic mass is 16.5. The zero-order chi connectivity index (χ0) is 21.1. The number of benzene rings is 2. The Hall–Kier alpha value is -3.35. The molecule has 0 spiro atoms. The van der Waals surface area contributed by atoms with E-state index < -0.39 is 0 Å². The molecular weight excluding hydrogens is 378 g/mol. The first-order chi connectivity index (χ1) is 14.6. The smallest absolute Gasteiger partial charge is 0.272 e. The van der Waals surface area contributed by atoms with E-state index in [2.05, 4.69) is 37.4 Å². The summed E-state index contributed by atoms with van der Waals surface area (Å²) < 4.78 is 5.25. The fourth-order valence-electron chi connectivity index (χ4n) is 3.79. The number of rotatable bonds is 5. The lowest BCUT2D eigenvalue weighted by molar-refractivity contribution is 0.0939. The van der Waals surface area contributed by atoms with Crippen molar-refractivity contribution in [3.05, 3.63) is 54.2 Å². The van der Waals surface area contributed by atoms with Crippen molar-refractivity contribution in [1.29, 1.82) is 0 Å². The molecule has 1 aromatic heterocycles. The monoisotopic (exact) mass is 405 g/mol. The summed E-state index contributed by atoms with van der Waals surface area (Å²) in [6.45, 7) is 7.31. The summed E-state index contributed by atoms with van der Waals surface area (Å²) in [5.41, 5.74) is 1.56. The summed E-state index contributed by atoms with van der Waals surface area (Å²) in [6.07, 6.45) is 0. The molecule has 7 heteroatoms. The highest BCUT2D eigenvalue weighted by Crippen LogP contribution is 2.28. The molecule has 1 fully saturated rings. The Morgan fingerprint density at radius 3 is 2.20 bits per heavy atom. The molecular formula is C23H27N5O2. The van der Waals surface area contributed by atoms with Crippen molar-refractivity contribution in [3.63, 3.8) is 0 Å². The molecule has 1 aliphatic heterocycles. The van der Waals surface area contributed by atoms with Crippen LogP contribution in [0.5, 0.6) is 5.75 Å². The van der Waals surface area contributed by atoms with Crippen molar-refractivity contribution in [1.82, 2.24) is 15.5 Å². The first-order valence-electron chi connectivity index (χ1n) is 10.3. The summed E-state index contributed by atoms with van der Waals surface area (Å²) in [6, 6.07) is 16.1. The summed E-state index contributed by atoms with van der Waals surface area (Å²) in [5.74, 6) is 1.51. The number of carbonyl (C=O) groups is 1. The second kappa shape index (κ2) is 8.57. The van der Waals surface area contributed by atoms with Crippen molar-refractivity contribution in [2.75, 3.05) is 43.1 Å². The summed E-state index contributed by atoms with van der Waals surface area (Å²) in [4.78, 5) is 17.2. The molecule has 1 amide bonds. The SMILES string of the molecule is COc1ccc(N2CCN(c3nnc(C(=O)NC(C)C)c4ccccc34)CC2)cc1. The maximum atomic E-state index is 12.6. The Bertz CT molecular complexity index is 1030. The Balaban J connectivity index is 1.55. The molecule has 30 heavy (non-hydrogen) atoms. The van der Waals surface area contributed by atoms with E-state index in [1.54, 1.807) is 7.11 Å². The normalized spacial score (nSPS) is 14.3. The number of hydrogen-bond donors (Lipinski definition) is 1. The molecule has 2 heterocycles. The van der Waals surface area contributed by atoms with E-state index >= 15 is 0 Å². The maximum Gasteiger partial charge on any atom is 0.272 e. The fraction of sp³-hybridized carbons (Fsp3) is 0.348.